The number of nitro groups is 1. The number of carbonyl (C=O) groups is 1. The monoisotopic (exact) mass is 359 g/mol. The van der Waals surface area contributed by atoms with Crippen LogP contribution in [0.5, 0.6) is 0 Å². The normalized spacial score (nSPS) is 15.9. The van der Waals surface area contributed by atoms with Gasteiger partial charge in [-0.05, 0) is 41.9 Å². The topological polar surface area (TPSA) is 75.5 Å². The maximum Gasteiger partial charge on any atom is 0.324 e. The Bertz CT molecular complexity index is 873. The number of benzene rings is 1. The molecule has 0 atom stereocenters. The summed E-state index contributed by atoms with van der Waals surface area (Å²) >= 11 is 6.31. The van der Waals surface area contributed by atoms with Crippen LogP contribution in [0.15, 0.2) is 41.4 Å². The molecule has 24 heavy (non-hydrogen) atoms. The molecule has 1 fully saturated rings. The summed E-state index contributed by atoms with van der Waals surface area (Å²) in [5, 5.41) is 15.6. The van der Waals surface area contributed by atoms with Gasteiger partial charge in [0.2, 0.25) is 0 Å². The van der Waals surface area contributed by atoms with Crippen LogP contribution in [-0.4, -0.2) is 15.9 Å². The quantitative estimate of drug-likeness (QED) is 0.391. The largest absolute Gasteiger partial charge is 0.327 e. The zero-order valence-corrected chi connectivity index (χ0v) is 14.3. The number of amides is 1. The molecule has 0 spiro atoms. The van der Waals surface area contributed by atoms with Crippen molar-refractivity contribution >= 4 is 51.3 Å². The number of carbonyl (C=O) groups excluding carboxylic acids is 1. The Labute approximate surface area is 147 Å². The van der Waals surface area contributed by atoms with E-state index >= 15 is 0 Å². The molecule has 122 valence electrons. The molecule has 3 rings (SSSR count). The smallest absolute Gasteiger partial charge is 0.324 e. The lowest BCUT2D eigenvalue weighted by Crippen LogP contribution is -2.31. The van der Waals surface area contributed by atoms with Crippen LogP contribution in [-0.2, 0) is 11.2 Å². The van der Waals surface area contributed by atoms with Crippen molar-refractivity contribution in [3.63, 3.8) is 0 Å². The summed E-state index contributed by atoms with van der Waals surface area (Å²) in [6.07, 6.45) is 2.35. The molecule has 0 aliphatic carbocycles. The number of nitrogens with one attached hydrogen (secondary N) is 1. The zero-order valence-electron chi connectivity index (χ0n) is 12.7. The van der Waals surface area contributed by atoms with Crippen molar-refractivity contribution in [3.05, 3.63) is 62.7 Å². The van der Waals surface area contributed by atoms with E-state index < -0.39 is 4.92 Å². The van der Waals surface area contributed by atoms with E-state index in [2.05, 4.69) is 5.32 Å². The van der Waals surface area contributed by atoms with E-state index in [1.54, 1.807) is 11.5 Å². The molecule has 0 bridgehead atoms. The number of anilines is 1. The summed E-state index contributed by atoms with van der Waals surface area (Å²) in [6.45, 7) is 2.01. The van der Waals surface area contributed by atoms with E-state index in [1.165, 1.54) is 11.0 Å². The predicted molar refractivity (Wildman–Crippen MR) is 98.0 cm³/mol. The molecular formula is C16H13N3O3S2. The fraction of sp³-hybridized carbons (Fsp3) is 0.125. The molecule has 2 aromatic rings. The van der Waals surface area contributed by atoms with Crippen LogP contribution in [0, 0.1) is 10.1 Å². The average molecular weight is 359 g/mol. The zero-order chi connectivity index (χ0) is 17.3. The van der Waals surface area contributed by atoms with Gasteiger partial charge >= 0.3 is 5.00 Å². The summed E-state index contributed by atoms with van der Waals surface area (Å²) in [6, 6.07) is 9.01. The first kappa shape index (κ1) is 16.3. The Kier molecular flexibility index (Phi) is 4.41. The highest BCUT2D eigenvalue weighted by molar-refractivity contribution is 7.80. The van der Waals surface area contributed by atoms with Crippen LogP contribution in [0.3, 0.4) is 0 Å². The summed E-state index contributed by atoms with van der Waals surface area (Å²) < 4.78 is 0. The number of aryl methyl sites for hydroxylation is 1. The number of para-hydroxylation sites is 1. The third kappa shape index (κ3) is 2.93. The van der Waals surface area contributed by atoms with Gasteiger partial charge in [-0.1, -0.05) is 36.5 Å². The fourth-order valence-corrected chi connectivity index (χ4v) is 3.43. The first-order valence-corrected chi connectivity index (χ1v) is 8.48. The lowest BCUT2D eigenvalue weighted by molar-refractivity contribution is -0.380. The standard InChI is InChI=1S/C16H13N3O3S2/c1-2-11-5-3-4-6-13(11)18-15(20)12(17-16(18)23)7-10-8-14(19(21)22)24-9-10/h3-9H,2H2,1H3,(H,17,23)/b12-7+. The summed E-state index contributed by atoms with van der Waals surface area (Å²) in [4.78, 5) is 24.5. The number of thiocarbonyl (C=S) groups is 1. The van der Waals surface area contributed by atoms with E-state index in [9.17, 15) is 14.9 Å². The van der Waals surface area contributed by atoms with Gasteiger partial charge in [0.25, 0.3) is 5.91 Å². The van der Waals surface area contributed by atoms with Gasteiger partial charge in [0.05, 0.1) is 10.6 Å². The van der Waals surface area contributed by atoms with Crippen LogP contribution in [0.2, 0.25) is 0 Å². The van der Waals surface area contributed by atoms with Crippen LogP contribution in [0.1, 0.15) is 18.1 Å². The van der Waals surface area contributed by atoms with Gasteiger partial charge in [-0.2, -0.15) is 0 Å². The first-order valence-electron chi connectivity index (χ1n) is 7.19. The third-order valence-corrected chi connectivity index (χ3v) is 4.77. The summed E-state index contributed by atoms with van der Waals surface area (Å²) in [7, 11) is 0. The molecule has 1 aliphatic heterocycles. The van der Waals surface area contributed by atoms with Crippen molar-refractivity contribution in [3.8, 4) is 0 Å². The van der Waals surface area contributed by atoms with E-state index in [4.69, 9.17) is 12.2 Å². The number of hydrogen-bond donors (Lipinski definition) is 1. The van der Waals surface area contributed by atoms with E-state index in [1.807, 2.05) is 31.2 Å². The fourth-order valence-electron chi connectivity index (χ4n) is 2.46. The molecule has 6 nitrogen and oxygen atoms in total. The van der Waals surface area contributed by atoms with Gasteiger partial charge in [0, 0.05) is 11.4 Å². The first-order chi connectivity index (χ1) is 11.5. The van der Waals surface area contributed by atoms with Crippen molar-refractivity contribution in [2.45, 2.75) is 13.3 Å². The van der Waals surface area contributed by atoms with Crippen molar-refractivity contribution < 1.29 is 9.72 Å². The van der Waals surface area contributed by atoms with Crippen LogP contribution < -0.4 is 10.2 Å². The second-order valence-corrected chi connectivity index (χ2v) is 6.36. The minimum Gasteiger partial charge on any atom is -0.327 e. The maximum atomic E-state index is 12.7. The van der Waals surface area contributed by atoms with E-state index in [0.29, 0.717) is 16.4 Å². The Balaban J connectivity index is 1.94. The number of hydrogen-bond acceptors (Lipinski definition) is 5. The van der Waals surface area contributed by atoms with Crippen molar-refractivity contribution in [2.75, 3.05) is 4.90 Å². The third-order valence-electron chi connectivity index (χ3n) is 3.59. The van der Waals surface area contributed by atoms with Crippen LogP contribution in [0.25, 0.3) is 6.08 Å². The van der Waals surface area contributed by atoms with Gasteiger partial charge in [-0.15, -0.1) is 0 Å². The number of nitrogens with zero attached hydrogens (tertiary/aromatic N) is 2. The Morgan fingerprint density at radius 1 is 1.42 bits per heavy atom. The molecule has 1 aliphatic rings. The molecular weight excluding hydrogens is 346 g/mol. The Morgan fingerprint density at radius 2 is 2.17 bits per heavy atom. The minimum absolute atomic E-state index is 0.0306. The second-order valence-electron chi connectivity index (χ2n) is 5.09. The number of rotatable bonds is 4. The van der Waals surface area contributed by atoms with E-state index in [-0.39, 0.29) is 10.9 Å². The molecule has 1 N–H and O–H groups in total. The van der Waals surface area contributed by atoms with Gasteiger partial charge in [0.15, 0.2) is 5.11 Å². The molecule has 0 unspecified atom stereocenters. The lowest BCUT2D eigenvalue weighted by Gasteiger charge is -2.17. The van der Waals surface area contributed by atoms with Crippen molar-refractivity contribution in [1.29, 1.82) is 0 Å². The number of thiophene rings is 1. The maximum absolute atomic E-state index is 12.7. The molecule has 0 radical (unpaired) electrons. The van der Waals surface area contributed by atoms with Gasteiger partial charge < -0.3 is 5.32 Å². The highest BCUT2D eigenvalue weighted by Gasteiger charge is 2.33. The van der Waals surface area contributed by atoms with Gasteiger partial charge in [-0.25, -0.2) is 0 Å². The molecule has 2 heterocycles. The highest BCUT2D eigenvalue weighted by Crippen LogP contribution is 2.28. The molecule has 1 saturated heterocycles. The average Bonchev–Trinajstić information content (AvgIpc) is 3.13. The van der Waals surface area contributed by atoms with Gasteiger partial charge in [-0.3, -0.25) is 19.8 Å². The molecule has 0 saturated carbocycles. The van der Waals surface area contributed by atoms with E-state index in [0.717, 1.165) is 29.0 Å². The summed E-state index contributed by atoms with van der Waals surface area (Å²) in [5.74, 6) is -0.269. The van der Waals surface area contributed by atoms with Crippen LogP contribution in [0.4, 0.5) is 10.7 Å². The minimum atomic E-state index is -0.453. The predicted octanol–water partition coefficient (Wildman–Crippen LogP) is 3.48. The summed E-state index contributed by atoms with van der Waals surface area (Å²) in [5.41, 5.74) is 2.67. The van der Waals surface area contributed by atoms with Crippen molar-refractivity contribution in [2.24, 2.45) is 0 Å². The highest BCUT2D eigenvalue weighted by atomic mass is 32.1. The molecule has 1 aromatic carbocycles. The second kappa shape index (κ2) is 6.50. The molecule has 1 amide bonds. The van der Waals surface area contributed by atoms with Gasteiger partial charge in [0.1, 0.15) is 5.70 Å². The lowest BCUT2D eigenvalue weighted by atomic mass is 10.1. The Morgan fingerprint density at radius 3 is 2.83 bits per heavy atom. The molecule has 8 heteroatoms. The SMILES string of the molecule is CCc1ccccc1N1C(=O)/C(=C\c2csc([N+](=O)[O-])c2)NC1=S. The Hall–Kier alpha value is -2.58. The van der Waals surface area contributed by atoms with Crippen molar-refractivity contribution in [1.82, 2.24) is 5.32 Å². The molecule has 1 aromatic heterocycles. The van der Waals surface area contributed by atoms with Crippen LogP contribution >= 0.6 is 23.6 Å².